The molecule has 1 fully saturated rings. The Hall–Kier alpha value is -0.710. The van der Waals surface area contributed by atoms with Crippen LogP contribution < -0.4 is 5.32 Å². The predicted octanol–water partition coefficient (Wildman–Crippen LogP) is 0.919. The maximum absolute atomic E-state index is 13.1. The number of rotatable bonds is 3. The number of carbonyl (C=O) groups is 1. The molecule has 1 aliphatic carbocycles. The van der Waals surface area contributed by atoms with Gasteiger partial charge in [-0.15, -0.1) is 0 Å². The number of alkyl halides is 2. The molecule has 0 radical (unpaired) electrons. The molecule has 5 heteroatoms. The van der Waals surface area contributed by atoms with Crippen molar-refractivity contribution in [2.75, 3.05) is 6.54 Å². The molecule has 0 bridgehead atoms. The molecule has 3 nitrogen and oxygen atoms in total. The fourth-order valence-corrected chi connectivity index (χ4v) is 1.62. The highest BCUT2D eigenvalue weighted by atomic mass is 19.3. The van der Waals surface area contributed by atoms with Crippen LogP contribution in [0.15, 0.2) is 0 Å². The van der Waals surface area contributed by atoms with E-state index in [2.05, 4.69) is 5.32 Å². The van der Waals surface area contributed by atoms with Crippen LogP contribution in [0.2, 0.25) is 0 Å². The van der Waals surface area contributed by atoms with Crippen LogP contribution in [0.1, 0.15) is 26.2 Å². The van der Waals surface area contributed by atoms with Crippen molar-refractivity contribution in [3.05, 3.63) is 0 Å². The second-order valence-electron chi connectivity index (χ2n) is 3.80. The molecule has 2 atom stereocenters. The highest BCUT2D eigenvalue weighted by Gasteiger charge is 2.47. The molecule has 2 N–H and O–H groups in total. The van der Waals surface area contributed by atoms with Gasteiger partial charge in [-0.1, -0.05) is 0 Å². The van der Waals surface area contributed by atoms with Gasteiger partial charge in [-0.2, -0.15) is 0 Å². The Morgan fingerprint density at radius 3 is 2.79 bits per heavy atom. The summed E-state index contributed by atoms with van der Waals surface area (Å²) in [5.74, 6) is -4.72. The SMILES string of the molecule is C[C@H](O)CNC(=O)C1CCCC1(F)F. The second-order valence-corrected chi connectivity index (χ2v) is 3.80. The highest BCUT2D eigenvalue weighted by molar-refractivity contribution is 5.80. The summed E-state index contributed by atoms with van der Waals surface area (Å²) in [7, 11) is 0. The number of aliphatic hydroxyl groups is 1. The Morgan fingerprint density at radius 1 is 1.71 bits per heavy atom. The molecule has 14 heavy (non-hydrogen) atoms. The van der Waals surface area contributed by atoms with Gasteiger partial charge in [-0.05, 0) is 19.8 Å². The van der Waals surface area contributed by atoms with Crippen LogP contribution in [0.4, 0.5) is 8.78 Å². The number of amides is 1. The first-order chi connectivity index (χ1) is 6.43. The molecule has 0 saturated heterocycles. The van der Waals surface area contributed by atoms with Crippen molar-refractivity contribution < 1.29 is 18.7 Å². The van der Waals surface area contributed by atoms with E-state index in [0.717, 1.165) is 0 Å². The third-order valence-corrected chi connectivity index (χ3v) is 2.40. The lowest BCUT2D eigenvalue weighted by atomic mass is 10.0. The van der Waals surface area contributed by atoms with Crippen molar-refractivity contribution >= 4 is 5.91 Å². The summed E-state index contributed by atoms with van der Waals surface area (Å²) in [6.07, 6.45) is -0.285. The molecule has 0 aromatic carbocycles. The normalized spacial score (nSPS) is 27.3. The summed E-state index contributed by atoms with van der Waals surface area (Å²) < 4.78 is 26.1. The Balaban J connectivity index is 2.44. The number of nitrogens with one attached hydrogen (secondary N) is 1. The minimum Gasteiger partial charge on any atom is -0.392 e. The Morgan fingerprint density at radius 2 is 2.36 bits per heavy atom. The summed E-state index contributed by atoms with van der Waals surface area (Å²) in [5.41, 5.74) is 0. The lowest BCUT2D eigenvalue weighted by Gasteiger charge is -2.18. The van der Waals surface area contributed by atoms with Gasteiger partial charge in [0.2, 0.25) is 5.91 Å². The van der Waals surface area contributed by atoms with E-state index in [4.69, 9.17) is 5.11 Å². The van der Waals surface area contributed by atoms with Gasteiger partial charge in [0.1, 0.15) is 5.92 Å². The van der Waals surface area contributed by atoms with Crippen LogP contribution >= 0.6 is 0 Å². The molecule has 0 aromatic rings. The van der Waals surface area contributed by atoms with Gasteiger partial charge in [-0.25, -0.2) is 8.78 Å². The van der Waals surface area contributed by atoms with Crippen molar-refractivity contribution in [1.29, 1.82) is 0 Å². The van der Waals surface area contributed by atoms with Gasteiger partial charge < -0.3 is 10.4 Å². The van der Waals surface area contributed by atoms with Crippen LogP contribution in [0.25, 0.3) is 0 Å². The van der Waals surface area contributed by atoms with Gasteiger partial charge in [0.05, 0.1) is 6.10 Å². The zero-order chi connectivity index (χ0) is 10.8. The second kappa shape index (κ2) is 4.21. The Kier molecular flexibility index (Phi) is 3.42. The fourth-order valence-electron chi connectivity index (χ4n) is 1.62. The van der Waals surface area contributed by atoms with Crippen LogP contribution in [-0.4, -0.2) is 29.6 Å². The van der Waals surface area contributed by atoms with Crippen molar-refractivity contribution in [1.82, 2.24) is 5.32 Å². The van der Waals surface area contributed by atoms with Crippen molar-refractivity contribution in [2.45, 2.75) is 38.2 Å². The molecule has 82 valence electrons. The first-order valence-corrected chi connectivity index (χ1v) is 4.77. The molecular weight excluding hydrogens is 192 g/mol. The van der Waals surface area contributed by atoms with E-state index < -0.39 is 23.9 Å². The number of hydrogen-bond acceptors (Lipinski definition) is 2. The van der Waals surface area contributed by atoms with E-state index in [9.17, 15) is 13.6 Å². The number of aliphatic hydroxyl groups excluding tert-OH is 1. The summed E-state index contributed by atoms with van der Waals surface area (Å²) in [5, 5.41) is 11.2. The molecule has 1 amide bonds. The zero-order valence-corrected chi connectivity index (χ0v) is 8.09. The minimum absolute atomic E-state index is 0.0331. The van der Waals surface area contributed by atoms with Gasteiger partial charge in [0.15, 0.2) is 0 Å². The van der Waals surface area contributed by atoms with Gasteiger partial charge in [0.25, 0.3) is 5.92 Å². The van der Waals surface area contributed by atoms with E-state index in [1.807, 2.05) is 0 Å². The van der Waals surface area contributed by atoms with E-state index in [0.29, 0.717) is 6.42 Å². The lowest BCUT2D eigenvalue weighted by Crippen LogP contribution is -2.40. The Bertz CT molecular complexity index is 219. The zero-order valence-electron chi connectivity index (χ0n) is 8.09. The van der Waals surface area contributed by atoms with Crippen LogP contribution in [-0.2, 0) is 4.79 Å². The lowest BCUT2D eigenvalue weighted by molar-refractivity contribution is -0.136. The standard InChI is InChI=1S/C9H15F2NO2/c1-6(13)5-12-8(14)7-3-2-4-9(7,10)11/h6-7,13H,2-5H2,1H3,(H,12,14)/t6-,7?/m0/s1. The molecule has 0 spiro atoms. The topological polar surface area (TPSA) is 49.3 Å². The average molecular weight is 207 g/mol. The van der Waals surface area contributed by atoms with E-state index in [1.54, 1.807) is 0 Å². The number of hydrogen-bond donors (Lipinski definition) is 2. The Labute approximate surface area is 81.5 Å². The molecule has 0 aromatic heterocycles. The maximum Gasteiger partial charge on any atom is 0.259 e. The quantitative estimate of drug-likeness (QED) is 0.723. The average Bonchev–Trinajstić information content (AvgIpc) is 2.41. The largest absolute Gasteiger partial charge is 0.392 e. The molecule has 1 aliphatic rings. The third kappa shape index (κ3) is 2.64. The molecular formula is C9H15F2NO2. The van der Waals surface area contributed by atoms with Crippen molar-refractivity contribution in [2.24, 2.45) is 5.92 Å². The summed E-state index contributed by atoms with van der Waals surface area (Å²) in [4.78, 5) is 11.3. The van der Waals surface area contributed by atoms with Gasteiger partial charge in [0, 0.05) is 13.0 Å². The van der Waals surface area contributed by atoms with Crippen LogP contribution in [0, 0.1) is 5.92 Å². The maximum atomic E-state index is 13.1. The molecule has 1 unspecified atom stereocenters. The smallest absolute Gasteiger partial charge is 0.259 e. The highest BCUT2D eigenvalue weighted by Crippen LogP contribution is 2.40. The monoisotopic (exact) mass is 207 g/mol. The van der Waals surface area contributed by atoms with E-state index in [1.165, 1.54) is 6.92 Å². The molecule has 0 heterocycles. The molecule has 1 saturated carbocycles. The predicted molar refractivity (Wildman–Crippen MR) is 47.0 cm³/mol. The first-order valence-electron chi connectivity index (χ1n) is 4.77. The molecule has 1 rings (SSSR count). The summed E-state index contributed by atoms with van der Waals surface area (Å²) in [6, 6.07) is 0. The number of carbonyl (C=O) groups excluding carboxylic acids is 1. The van der Waals surface area contributed by atoms with Crippen molar-refractivity contribution in [3.8, 4) is 0 Å². The third-order valence-electron chi connectivity index (χ3n) is 2.40. The van der Waals surface area contributed by atoms with E-state index in [-0.39, 0.29) is 19.4 Å². The van der Waals surface area contributed by atoms with Gasteiger partial charge >= 0.3 is 0 Å². The number of halogens is 2. The van der Waals surface area contributed by atoms with Gasteiger partial charge in [-0.3, -0.25) is 4.79 Å². The first kappa shape index (κ1) is 11.4. The van der Waals surface area contributed by atoms with E-state index >= 15 is 0 Å². The van der Waals surface area contributed by atoms with Crippen LogP contribution in [0.3, 0.4) is 0 Å². The van der Waals surface area contributed by atoms with Crippen molar-refractivity contribution in [3.63, 3.8) is 0 Å². The van der Waals surface area contributed by atoms with Crippen LogP contribution in [0.5, 0.6) is 0 Å². The molecule has 0 aliphatic heterocycles. The minimum atomic E-state index is -2.87. The summed E-state index contributed by atoms with van der Waals surface area (Å²) >= 11 is 0. The summed E-state index contributed by atoms with van der Waals surface area (Å²) in [6.45, 7) is 1.53. The fraction of sp³-hybridized carbons (Fsp3) is 0.889.